The van der Waals surface area contributed by atoms with Crippen LogP contribution >= 0.6 is 11.3 Å². The first-order valence-corrected chi connectivity index (χ1v) is 10.4. The summed E-state index contributed by atoms with van der Waals surface area (Å²) in [7, 11) is 1.62. The van der Waals surface area contributed by atoms with Gasteiger partial charge in [0.1, 0.15) is 5.52 Å². The molecular formula is C20H19N7O2S. The summed E-state index contributed by atoms with van der Waals surface area (Å²) >= 11 is 1.58. The molecule has 5 rings (SSSR count). The molecule has 3 aromatic heterocycles. The van der Waals surface area contributed by atoms with Gasteiger partial charge in [-0.25, -0.2) is 29.1 Å². The Labute approximate surface area is 175 Å². The molecule has 9 nitrogen and oxygen atoms in total. The van der Waals surface area contributed by atoms with Crippen LogP contribution < -0.4 is 10.6 Å². The van der Waals surface area contributed by atoms with Gasteiger partial charge in [0.05, 0.1) is 6.20 Å². The van der Waals surface area contributed by atoms with Crippen molar-refractivity contribution < 1.29 is 4.79 Å². The van der Waals surface area contributed by atoms with Crippen LogP contribution in [0.1, 0.15) is 0 Å². The van der Waals surface area contributed by atoms with Crippen LogP contribution in [0.5, 0.6) is 0 Å². The lowest BCUT2D eigenvalue weighted by Gasteiger charge is -2.34. The number of anilines is 1. The van der Waals surface area contributed by atoms with Crippen molar-refractivity contribution in [3.8, 4) is 11.4 Å². The molecule has 0 aliphatic carbocycles. The van der Waals surface area contributed by atoms with Crippen molar-refractivity contribution in [3.63, 3.8) is 0 Å². The molecule has 0 bridgehead atoms. The van der Waals surface area contributed by atoms with Crippen LogP contribution in [0.4, 0.5) is 9.93 Å². The summed E-state index contributed by atoms with van der Waals surface area (Å²) in [6.45, 7) is 2.38. The number of nitrogens with zero attached hydrogens (tertiary/aromatic N) is 7. The summed E-state index contributed by atoms with van der Waals surface area (Å²) in [5.41, 5.74) is 1.28. The highest BCUT2D eigenvalue weighted by atomic mass is 32.1. The van der Waals surface area contributed by atoms with Gasteiger partial charge < -0.3 is 9.80 Å². The SMILES string of the molecule is Cn1c(=O)n(C(=O)N2CCN(c3nccs3)CC2)c2cnc(-c3ccccc3)nc21. The van der Waals surface area contributed by atoms with Crippen molar-refractivity contribution in [1.82, 2.24) is 29.0 Å². The van der Waals surface area contributed by atoms with Gasteiger partial charge in [-0.05, 0) is 0 Å². The second kappa shape index (κ2) is 7.38. The third kappa shape index (κ3) is 3.05. The predicted octanol–water partition coefficient (Wildman–Crippen LogP) is 2.04. The molecule has 1 aliphatic heterocycles. The number of thiazole rings is 1. The lowest BCUT2D eigenvalue weighted by molar-refractivity contribution is 0.196. The van der Waals surface area contributed by atoms with Gasteiger partial charge in [0, 0.05) is 50.4 Å². The van der Waals surface area contributed by atoms with E-state index < -0.39 is 5.69 Å². The molecular weight excluding hydrogens is 402 g/mol. The Balaban J connectivity index is 1.45. The summed E-state index contributed by atoms with van der Waals surface area (Å²) in [5, 5.41) is 2.89. The molecule has 0 atom stereocenters. The van der Waals surface area contributed by atoms with Crippen LogP contribution in [-0.2, 0) is 7.05 Å². The van der Waals surface area contributed by atoms with E-state index in [-0.39, 0.29) is 6.03 Å². The molecule has 1 aliphatic rings. The fourth-order valence-corrected chi connectivity index (χ4v) is 4.33. The molecule has 0 radical (unpaired) electrons. The van der Waals surface area contributed by atoms with Gasteiger partial charge in [-0.2, -0.15) is 0 Å². The standard InChI is InChI=1S/C20H19N7O2S/c1-24-17-15(13-22-16(23-17)14-5-3-2-4-6-14)27(19(24)28)20(29)26-10-8-25(9-11-26)18-21-7-12-30-18/h2-7,12-13H,8-11H2,1H3. The molecule has 10 heteroatoms. The van der Waals surface area contributed by atoms with E-state index in [1.807, 2.05) is 35.7 Å². The number of carbonyl (C=O) groups excluding carboxylic acids is 1. The lowest BCUT2D eigenvalue weighted by Crippen LogP contribution is -2.51. The van der Waals surface area contributed by atoms with E-state index in [0.29, 0.717) is 43.2 Å². The summed E-state index contributed by atoms with van der Waals surface area (Å²) in [6, 6.07) is 9.19. The van der Waals surface area contributed by atoms with Crippen molar-refractivity contribution in [2.75, 3.05) is 31.1 Å². The van der Waals surface area contributed by atoms with Crippen LogP contribution in [0.25, 0.3) is 22.6 Å². The van der Waals surface area contributed by atoms with E-state index in [1.165, 1.54) is 9.13 Å². The highest BCUT2D eigenvalue weighted by molar-refractivity contribution is 7.13. The molecule has 1 aromatic carbocycles. The Morgan fingerprint density at radius 2 is 1.83 bits per heavy atom. The molecule has 0 unspecified atom stereocenters. The normalized spacial score (nSPS) is 14.4. The molecule has 4 heterocycles. The quantitative estimate of drug-likeness (QED) is 0.492. The number of benzene rings is 1. The number of amides is 1. The number of rotatable bonds is 2. The molecule has 0 N–H and O–H groups in total. The largest absolute Gasteiger partial charge is 0.345 e. The molecule has 1 saturated heterocycles. The molecule has 152 valence electrons. The lowest BCUT2D eigenvalue weighted by atomic mass is 10.2. The minimum Gasteiger partial charge on any atom is -0.345 e. The third-order valence-electron chi connectivity index (χ3n) is 5.25. The minimum absolute atomic E-state index is 0.347. The highest BCUT2D eigenvalue weighted by Gasteiger charge is 2.27. The van der Waals surface area contributed by atoms with E-state index in [9.17, 15) is 9.59 Å². The Kier molecular flexibility index (Phi) is 4.55. The maximum Gasteiger partial charge on any atom is 0.338 e. The van der Waals surface area contributed by atoms with Gasteiger partial charge in [-0.3, -0.25) is 4.57 Å². The van der Waals surface area contributed by atoms with E-state index in [1.54, 1.807) is 35.7 Å². The molecule has 30 heavy (non-hydrogen) atoms. The maximum absolute atomic E-state index is 13.2. The van der Waals surface area contributed by atoms with Gasteiger partial charge in [0.15, 0.2) is 16.6 Å². The summed E-state index contributed by atoms with van der Waals surface area (Å²) in [5.74, 6) is 0.514. The second-order valence-corrected chi connectivity index (χ2v) is 7.89. The molecule has 0 saturated carbocycles. The van der Waals surface area contributed by atoms with Crippen LogP contribution in [0.15, 0.2) is 52.9 Å². The Bertz CT molecular complexity index is 1260. The van der Waals surface area contributed by atoms with Crippen molar-refractivity contribution in [3.05, 3.63) is 58.6 Å². The summed E-state index contributed by atoms with van der Waals surface area (Å²) in [6.07, 6.45) is 3.33. The van der Waals surface area contributed by atoms with Crippen molar-refractivity contribution in [2.24, 2.45) is 7.05 Å². The van der Waals surface area contributed by atoms with Gasteiger partial charge in [-0.15, -0.1) is 11.3 Å². The monoisotopic (exact) mass is 421 g/mol. The number of aromatic nitrogens is 5. The predicted molar refractivity (Wildman–Crippen MR) is 115 cm³/mol. The highest BCUT2D eigenvalue weighted by Crippen LogP contribution is 2.20. The molecule has 1 amide bonds. The maximum atomic E-state index is 13.2. The summed E-state index contributed by atoms with van der Waals surface area (Å²) < 4.78 is 2.57. The Hall–Kier alpha value is -3.53. The van der Waals surface area contributed by atoms with Gasteiger partial charge in [0.25, 0.3) is 0 Å². The van der Waals surface area contributed by atoms with Crippen LogP contribution in [-0.4, -0.2) is 61.2 Å². The fourth-order valence-electron chi connectivity index (χ4n) is 3.63. The first-order chi connectivity index (χ1) is 14.6. The zero-order valence-corrected chi connectivity index (χ0v) is 17.1. The van der Waals surface area contributed by atoms with Crippen molar-refractivity contribution in [2.45, 2.75) is 0 Å². The van der Waals surface area contributed by atoms with Crippen molar-refractivity contribution >= 4 is 33.7 Å². The first-order valence-electron chi connectivity index (χ1n) is 9.57. The average molecular weight is 421 g/mol. The average Bonchev–Trinajstić information content (AvgIpc) is 3.42. The van der Waals surface area contributed by atoms with Crippen LogP contribution in [0.3, 0.4) is 0 Å². The molecule has 1 fully saturated rings. The smallest absolute Gasteiger partial charge is 0.338 e. The second-order valence-electron chi connectivity index (χ2n) is 7.02. The Morgan fingerprint density at radius 1 is 1.07 bits per heavy atom. The van der Waals surface area contributed by atoms with Crippen LogP contribution in [0, 0.1) is 0 Å². The van der Waals surface area contributed by atoms with E-state index in [4.69, 9.17) is 0 Å². The Morgan fingerprint density at radius 3 is 2.53 bits per heavy atom. The van der Waals surface area contributed by atoms with E-state index in [0.717, 1.165) is 10.7 Å². The zero-order chi connectivity index (χ0) is 20.7. The number of fused-ring (bicyclic) bond motifs is 1. The third-order valence-corrected chi connectivity index (χ3v) is 6.08. The number of hydrogen-bond acceptors (Lipinski definition) is 7. The van der Waals surface area contributed by atoms with E-state index >= 15 is 0 Å². The number of hydrogen-bond donors (Lipinski definition) is 0. The first kappa shape index (κ1) is 18.5. The fraction of sp³-hybridized carbons (Fsp3) is 0.250. The number of aryl methyl sites for hydroxylation is 1. The molecule has 0 spiro atoms. The van der Waals surface area contributed by atoms with Gasteiger partial charge in [-0.1, -0.05) is 30.3 Å². The number of piperazine rings is 1. The van der Waals surface area contributed by atoms with Gasteiger partial charge >= 0.3 is 11.7 Å². The minimum atomic E-state index is -0.420. The van der Waals surface area contributed by atoms with Crippen LogP contribution in [0.2, 0.25) is 0 Å². The van der Waals surface area contributed by atoms with Crippen molar-refractivity contribution in [1.29, 1.82) is 0 Å². The topological polar surface area (TPSA) is 89.2 Å². The zero-order valence-electron chi connectivity index (χ0n) is 16.3. The summed E-state index contributed by atoms with van der Waals surface area (Å²) in [4.78, 5) is 43.2. The number of carbonyl (C=O) groups is 1. The van der Waals surface area contributed by atoms with Gasteiger partial charge in [0.2, 0.25) is 0 Å². The number of imidazole rings is 1. The molecule has 4 aromatic rings. The van der Waals surface area contributed by atoms with E-state index in [2.05, 4.69) is 19.9 Å².